The fourth-order valence-corrected chi connectivity index (χ4v) is 2.94. The minimum Gasteiger partial charge on any atom is -0.490 e. The predicted octanol–water partition coefficient (Wildman–Crippen LogP) is 3.99. The summed E-state index contributed by atoms with van der Waals surface area (Å²) in [7, 11) is 1.49. The maximum Gasteiger partial charge on any atom is 0.410 e. The number of rotatable bonds is 6. The number of anilines is 1. The Morgan fingerprint density at radius 2 is 1.88 bits per heavy atom. The highest BCUT2D eigenvalue weighted by Crippen LogP contribution is 2.30. The summed E-state index contributed by atoms with van der Waals surface area (Å²) in [5.41, 5.74) is 1.78. The van der Waals surface area contributed by atoms with Crippen molar-refractivity contribution in [2.24, 2.45) is 0 Å². The summed E-state index contributed by atoms with van der Waals surface area (Å²) in [6.45, 7) is 9.07. The topological polar surface area (TPSA) is 98.1 Å². The molecule has 0 aliphatic carbocycles. The molecule has 9 heteroatoms. The zero-order chi connectivity index (χ0) is 23.5. The van der Waals surface area contributed by atoms with Crippen molar-refractivity contribution >= 4 is 23.6 Å². The lowest BCUT2D eigenvalue weighted by Crippen LogP contribution is -2.38. The third-order valence-corrected chi connectivity index (χ3v) is 4.23. The van der Waals surface area contributed by atoms with Gasteiger partial charge in [0, 0.05) is 24.4 Å². The molecule has 2 amide bonds. The van der Waals surface area contributed by atoms with Gasteiger partial charge >= 0.3 is 6.09 Å². The molecule has 2 aromatic heterocycles. The maximum absolute atomic E-state index is 12.3. The summed E-state index contributed by atoms with van der Waals surface area (Å²) in [5, 5.41) is 6.96. The van der Waals surface area contributed by atoms with Gasteiger partial charge in [-0.3, -0.25) is 10.1 Å². The fraction of sp³-hybridized carbons (Fsp3) is 0.391. The van der Waals surface area contributed by atoms with E-state index in [-0.39, 0.29) is 18.6 Å². The molecule has 0 saturated heterocycles. The molecule has 1 aromatic carbocycles. The van der Waals surface area contributed by atoms with Gasteiger partial charge in [0.1, 0.15) is 17.9 Å². The molecule has 0 fully saturated rings. The van der Waals surface area contributed by atoms with Crippen LogP contribution in [0.4, 0.5) is 10.7 Å². The molecule has 0 atom stereocenters. The molecular weight excluding hydrogens is 410 g/mol. The Kier molecular flexibility index (Phi) is 6.67. The minimum atomic E-state index is -0.637. The van der Waals surface area contributed by atoms with Crippen LogP contribution in [0, 0.1) is 0 Å². The normalized spacial score (nSPS) is 11.5. The molecule has 0 spiro atoms. The van der Waals surface area contributed by atoms with Gasteiger partial charge in [-0.25, -0.2) is 9.31 Å². The summed E-state index contributed by atoms with van der Waals surface area (Å²) >= 11 is 0. The molecule has 170 valence electrons. The van der Waals surface area contributed by atoms with Gasteiger partial charge in [0.15, 0.2) is 5.65 Å². The fourth-order valence-electron chi connectivity index (χ4n) is 2.94. The number of hydrogen-bond donors (Lipinski definition) is 1. The number of nitrogens with one attached hydrogen (secondary N) is 1. The van der Waals surface area contributed by atoms with Crippen molar-refractivity contribution in [3.63, 3.8) is 0 Å². The van der Waals surface area contributed by atoms with E-state index in [9.17, 15) is 9.59 Å². The van der Waals surface area contributed by atoms with Gasteiger partial charge in [-0.15, -0.1) is 5.10 Å². The van der Waals surface area contributed by atoms with Crippen molar-refractivity contribution in [1.29, 1.82) is 0 Å². The summed E-state index contributed by atoms with van der Waals surface area (Å²) in [4.78, 5) is 29.9. The first-order valence-corrected chi connectivity index (χ1v) is 10.4. The number of para-hydroxylation sites is 1. The van der Waals surface area contributed by atoms with Crippen molar-refractivity contribution in [3.05, 3.63) is 42.6 Å². The third-order valence-electron chi connectivity index (χ3n) is 4.23. The first kappa shape index (κ1) is 23.1. The van der Waals surface area contributed by atoms with Gasteiger partial charge in [0.05, 0.1) is 6.10 Å². The SMILES string of the molecule is CC(C)Oc1ccccc1-c1ccc2nc(NC(=O)CN(C)C(=O)OC(C)(C)C)nn2c1. The Bertz CT molecular complexity index is 1120. The first-order chi connectivity index (χ1) is 15.0. The van der Waals surface area contributed by atoms with Crippen molar-refractivity contribution in [1.82, 2.24) is 19.5 Å². The molecule has 0 unspecified atom stereocenters. The lowest BCUT2D eigenvalue weighted by molar-refractivity contribution is -0.117. The molecule has 0 aliphatic rings. The van der Waals surface area contributed by atoms with Crippen LogP contribution < -0.4 is 10.1 Å². The van der Waals surface area contributed by atoms with Crippen LogP contribution in [0.1, 0.15) is 34.6 Å². The van der Waals surface area contributed by atoms with Crippen LogP contribution in [-0.2, 0) is 9.53 Å². The van der Waals surface area contributed by atoms with Crippen LogP contribution in [0.15, 0.2) is 42.6 Å². The van der Waals surface area contributed by atoms with Crippen LogP contribution in [0.2, 0.25) is 0 Å². The summed E-state index contributed by atoms with van der Waals surface area (Å²) in [6, 6.07) is 11.5. The van der Waals surface area contributed by atoms with E-state index in [2.05, 4.69) is 15.4 Å². The van der Waals surface area contributed by atoms with Crippen molar-refractivity contribution in [3.8, 4) is 16.9 Å². The van der Waals surface area contributed by atoms with Crippen LogP contribution in [0.3, 0.4) is 0 Å². The number of amides is 2. The number of carbonyl (C=O) groups excluding carboxylic acids is 2. The van der Waals surface area contributed by atoms with Crippen molar-refractivity contribution in [2.45, 2.75) is 46.3 Å². The van der Waals surface area contributed by atoms with E-state index < -0.39 is 17.6 Å². The van der Waals surface area contributed by atoms with E-state index in [1.165, 1.54) is 11.9 Å². The van der Waals surface area contributed by atoms with Crippen LogP contribution >= 0.6 is 0 Å². The Hall–Kier alpha value is -3.62. The summed E-state index contributed by atoms with van der Waals surface area (Å²) in [6.07, 6.45) is 1.29. The number of nitrogens with zero attached hydrogens (tertiary/aromatic N) is 4. The maximum atomic E-state index is 12.3. The van der Waals surface area contributed by atoms with Crippen molar-refractivity contribution in [2.75, 3.05) is 18.9 Å². The summed E-state index contributed by atoms with van der Waals surface area (Å²) < 4.78 is 12.8. The Balaban J connectivity index is 1.73. The molecule has 0 bridgehead atoms. The van der Waals surface area contributed by atoms with Gasteiger partial charge in [0.2, 0.25) is 11.9 Å². The number of fused-ring (bicyclic) bond motifs is 1. The number of pyridine rings is 1. The zero-order valence-corrected chi connectivity index (χ0v) is 19.2. The number of aromatic nitrogens is 3. The van der Waals surface area contributed by atoms with Gasteiger partial charge in [0.25, 0.3) is 0 Å². The molecule has 3 rings (SSSR count). The van der Waals surface area contributed by atoms with Crippen LogP contribution in [0.5, 0.6) is 5.75 Å². The summed E-state index contributed by atoms with van der Waals surface area (Å²) in [5.74, 6) is 0.502. The minimum absolute atomic E-state index is 0.0480. The highest BCUT2D eigenvalue weighted by atomic mass is 16.6. The third kappa shape index (κ3) is 5.96. The molecule has 0 radical (unpaired) electrons. The lowest BCUT2D eigenvalue weighted by Gasteiger charge is -2.24. The highest BCUT2D eigenvalue weighted by molar-refractivity contribution is 5.92. The van der Waals surface area contributed by atoms with Crippen LogP contribution in [-0.4, -0.2) is 56.8 Å². The standard InChI is InChI=1S/C23H29N5O4/c1-15(2)31-18-10-8-7-9-17(18)16-11-12-19-24-21(26-28(19)13-16)25-20(29)14-27(6)22(30)32-23(3,4)5/h7-13,15H,14H2,1-6H3,(H,25,26,29). The van der Waals surface area contributed by atoms with E-state index in [4.69, 9.17) is 9.47 Å². The Morgan fingerprint density at radius 1 is 1.16 bits per heavy atom. The number of likely N-dealkylation sites (N-methyl/N-ethyl adjacent to an activating group) is 1. The Labute approximate surface area is 187 Å². The van der Waals surface area contributed by atoms with Crippen molar-refractivity contribution < 1.29 is 19.1 Å². The quantitative estimate of drug-likeness (QED) is 0.624. The number of benzene rings is 1. The zero-order valence-electron chi connectivity index (χ0n) is 19.2. The van der Waals surface area contributed by atoms with E-state index in [0.29, 0.717) is 5.65 Å². The molecule has 1 N–H and O–H groups in total. The average Bonchev–Trinajstić information content (AvgIpc) is 3.07. The molecule has 0 aliphatic heterocycles. The van der Waals surface area contributed by atoms with E-state index in [0.717, 1.165) is 16.9 Å². The van der Waals surface area contributed by atoms with Gasteiger partial charge in [-0.2, -0.15) is 4.98 Å². The molecule has 0 saturated carbocycles. The number of carbonyl (C=O) groups is 2. The van der Waals surface area contributed by atoms with E-state index >= 15 is 0 Å². The van der Waals surface area contributed by atoms with Gasteiger partial charge in [-0.1, -0.05) is 18.2 Å². The molecule has 2 heterocycles. The second-order valence-electron chi connectivity index (χ2n) is 8.70. The molecule has 3 aromatic rings. The average molecular weight is 440 g/mol. The highest BCUT2D eigenvalue weighted by Gasteiger charge is 2.21. The molecular formula is C23H29N5O4. The largest absolute Gasteiger partial charge is 0.490 e. The second-order valence-corrected chi connectivity index (χ2v) is 8.70. The molecule has 32 heavy (non-hydrogen) atoms. The first-order valence-electron chi connectivity index (χ1n) is 10.4. The number of ether oxygens (including phenoxy) is 2. The predicted molar refractivity (Wildman–Crippen MR) is 122 cm³/mol. The van der Waals surface area contributed by atoms with Gasteiger partial charge < -0.3 is 14.4 Å². The number of hydrogen-bond acceptors (Lipinski definition) is 6. The van der Waals surface area contributed by atoms with E-state index in [1.54, 1.807) is 25.3 Å². The Morgan fingerprint density at radius 3 is 2.56 bits per heavy atom. The second kappa shape index (κ2) is 9.25. The van der Waals surface area contributed by atoms with E-state index in [1.807, 2.05) is 56.4 Å². The lowest BCUT2D eigenvalue weighted by atomic mass is 10.1. The smallest absolute Gasteiger partial charge is 0.410 e. The molecule has 9 nitrogen and oxygen atoms in total. The monoisotopic (exact) mass is 439 g/mol. The van der Waals surface area contributed by atoms with Crippen LogP contribution in [0.25, 0.3) is 16.8 Å². The van der Waals surface area contributed by atoms with Gasteiger partial charge in [-0.05, 0) is 52.8 Å².